The summed E-state index contributed by atoms with van der Waals surface area (Å²) >= 11 is 0. The first-order valence-corrected chi connectivity index (χ1v) is 7.04. The van der Waals surface area contributed by atoms with Gasteiger partial charge in [0, 0.05) is 18.3 Å². The average Bonchev–Trinajstić information content (AvgIpc) is 2.39. The first-order valence-electron chi connectivity index (χ1n) is 7.04. The van der Waals surface area contributed by atoms with Crippen LogP contribution < -0.4 is 16.4 Å². The maximum atomic E-state index is 11.6. The Morgan fingerprint density at radius 1 is 1.21 bits per heavy atom. The molecule has 0 radical (unpaired) electrons. The van der Waals surface area contributed by atoms with Gasteiger partial charge < -0.3 is 16.4 Å². The lowest BCUT2D eigenvalue weighted by Gasteiger charge is -2.09. The fourth-order valence-corrected chi connectivity index (χ4v) is 1.80. The van der Waals surface area contributed by atoms with Gasteiger partial charge in [-0.15, -0.1) is 0 Å². The molecule has 0 aromatic heterocycles. The lowest BCUT2D eigenvalue weighted by Crippen LogP contribution is -2.29. The Bertz CT molecular complexity index is 373. The molecule has 2 amide bonds. The lowest BCUT2D eigenvalue weighted by molar-refractivity contribution is 0.252. The molecule has 4 nitrogen and oxygen atoms in total. The van der Waals surface area contributed by atoms with Crippen LogP contribution in [0.25, 0.3) is 0 Å². The minimum Gasteiger partial charge on any atom is -0.338 e. The molecule has 1 aromatic carbocycles. The fourth-order valence-electron chi connectivity index (χ4n) is 1.80. The number of rotatable bonds is 7. The maximum Gasteiger partial charge on any atom is 0.319 e. The smallest absolute Gasteiger partial charge is 0.319 e. The van der Waals surface area contributed by atoms with E-state index in [0.29, 0.717) is 0 Å². The maximum absolute atomic E-state index is 11.6. The molecule has 0 heterocycles. The summed E-state index contributed by atoms with van der Waals surface area (Å²) in [5.74, 6) is 0. The summed E-state index contributed by atoms with van der Waals surface area (Å²) in [6.07, 6.45) is 4.63. The Kier molecular flexibility index (Phi) is 6.97. The van der Waals surface area contributed by atoms with E-state index in [0.717, 1.165) is 24.2 Å². The van der Waals surface area contributed by atoms with Gasteiger partial charge >= 0.3 is 6.03 Å². The van der Waals surface area contributed by atoms with E-state index < -0.39 is 0 Å². The van der Waals surface area contributed by atoms with Crippen LogP contribution in [0, 0.1) is 0 Å². The van der Waals surface area contributed by atoms with Crippen molar-refractivity contribution in [2.75, 3.05) is 11.9 Å². The summed E-state index contributed by atoms with van der Waals surface area (Å²) in [6.45, 7) is 4.83. The van der Waals surface area contributed by atoms with E-state index in [2.05, 4.69) is 17.6 Å². The minimum atomic E-state index is -0.148. The predicted molar refractivity (Wildman–Crippen MR) is 80.2 cm³/mol. The molecule has 1 atom stereocenters. The number of amides is 2. The lowest BCUT2D eigenvalue weighted by atomic mass is 10.1. The van der Waals surface area contributed by atoms with Crippen molar-refractivity contribution in [2.24, 2.45) is 5.73 Å². The van der Waals surface area contributed by atoms with Crippen LogP contribution in [0.4, 0.5) is 10.5 Å². The molecule has 0 bridgehead atoms. The van der Waals surface area contributed by atoms with Gasteiger partial charge in [-0.1, -0.05) is 38.3 Å². The van der Waals surface area contributed by atoms with Gasteiger partial charge in [0.1, 0.15) is 0 Å². The molecule has 106 valence electrons. The van der Waals surface area contributed by atoms with Gasteiger partial charge in [0.05, 0.1) is 0 Å². The molecule has 4 heteroatoms. The predicted octanol–water partition coefficient (Wildman–Crippen LogP) is 3.41. The van der Waals surface area contributed by atoms with Crippen molar-refractivity contribution in [1.82, 2.24) is 5.32 Å². The van der Waals surface area contributed by atoms with E-state index in [9.17, 15) is 4.79 Å². The number of hydrogen-bond donors (Lipinski definition) is 3. The number of nitrogens with one attached hydrogen (secondary N) is 2. The van der Waals surface area contributed by atoms with Crippen LogP contribution in [0.15, 0.2) is 24.3 Å². The second-order valence-corrected chi connectivity index (χ2v) is 4.85. The molecule has 1 rings (SSSR count). The molecule has 0 saturated heterocycles. The highest BCUT2D eigenvalue weighted by Gasteiger charge is 2.02. The molecule has 1 unspecified atom stereocenters. The zero-order valence-corrected chi connectivity index (χ0v) is 11.9. The third-order valence-electron chi connectivity index (χ3n) is 3.01. The van der Waals surface area contributed by atoms with E-state index >= 15 is 0 Å². The first-order chi connectivity index (χ1) is 9.13. The van der Waals surface area contributed by atoms with E-state index in [-0.39, 0.29) is 12.1 Å². The summed E-state index contributed by atoms with van der Waals surface area (Å²) in [7, 11) is 0. The monoisotopic (exact) mass is 263 g/mol. The summed E-state index contributed by atoms with van der Waals surface area (Å²) in [4.78, 5) is 11.6. The van der Waals surface area contributed by atoms with Crippen LogP contribution in [0.5, 0.6) is 0 Å². The molecular weight excluding hydrogens is 238 g/mol. The van der Waals surface area contributed by atoms with Crippen molar-refractivity contribution in [3.8, 4) is 0 Å². The summed E-state index contributed by atoms with van der Waals surface area (Å²) in [5.41, 5.74) is 7.62. The zero-order chi connectivity index (χ0) is 14.1. The second-order valence-electron chi connectivity index (χ2n) is 4.85. The van der Waals surface area contributed by atoms with Crippen LogP contribution in [0.1, 0.15) is 51.1 Å². The quantitative estimate of drug-likeness (QED) is 0.660. The zero-order valence-electron chi connectivity index (χ0n) is 11.9. The molecule has 4 N–H and O–H groups in total. The van der Waals surface area contributed by atoms with Gasteiger partial charge in [0.15, 0.2) is 0 Å². The SMILES string of the molecule is CCCCCCNC(=O)Nc1ccc(C(C)N)cc1. The van der Waals surface area contributed by atoms with Crippen LogP contribution in [0.2, 0.25) is 0 Å². The highest BCUT2D eigenvalue weighted by atomic mass is 16.2. The number of carbonyl (C=O) groups excluding carboxylic acids is 1. The normalized spacial score (nSPS) is 11.9. The number of urea groups is 1. The first kappa shape index (κ1) is 15.5. The minimum absolute atomic E-state index is 0.0152. The summed E-state index contributed by atoms with van der Waals surface area (Å²) in [6, 6.07) is 7.47. The Balaban J connectivity index is 2.28. The van der Waals surface area contributed by atoms with Crippen LogP contribution in [-0.4, -0.2) is 12.6 Å². The molecule has 0 spiro atoms. The Hall–Kier alpha value is -1.55. The van der Waals surface area contributed by atoms with Crippen LogP contribution in [-0.2, 0) is 0 Å². The Morgan fingerprint density at radius 3 is 2.47 bits per heavy atom. The summed E-state index contributed by atoms with van der Waals surface area (Å²) in [5, 5.41) is 5.66. The average molecular weight is 263 g/mol. The van der Waals surface area contributed by atoms with E-state index in [1.54, 1.807) is 0 Å². The van der Waals surface area contributed by atoms with Gasteiger partial charge in [-0.3, -0.25) is 0 Å². The number of anilines is 1. The molecule has 0 fully saturated rings. The van der Waals surface area contributed by atoms with Gasteiger partial charge in [-0.05, 0) is 31.0 Å². The van der Waals surface area contributed by atoms with Crippen LogP contribution >= 0.6 is 0 Å². The second kappa shape index (κ2) is 8.53. The molecule has 0 aliphatic carbocycles. The highest BCUT2D eigenvalue weighted by molar-refractivity contribution is 5.89. The number of unbranched alkanes of at least 4 members (excludes halogenated alkanes) is 3. The molecular formula is C15H25N3O. The summed E-state index contributed by atoms with van der Waals surface area (Å²) < 4.78 is 0. The van der Waals surface area contributed by atoms with E-state index in [1.807, 2.05) is 31.2 Å². The van der Waals surface area contributed by atoms with Crippen molar-refractivity contribution >= 4 is 11.7 Å². The largest absolute Gasteiger partial charge is 0.338 e. The molecule has 0 aliphatic rings. The number of carbonyl (C=O) groups is 1. The van der Waals surface area contributed by atoms with Crippen molar-refractivity contribution < 1.29 is 4.79 Å². The molecule has 0 aliphatic heterocycles. The van der Waals surface area contributed by atoms with Gasteiger partial charge in [0.2, 0.25) is 0 Å². The van der Waals surface area contributed by atoms with Crippen molar-refractivity contribution in [3.05, 3.63) is 29.8 Å². The van der Waals surface area contributed by atoms with Crippen molar-refractivity contribution in [2.45, 2.75) is 45.6 Å². The number of benzene rings is 1. The van der Waals surface area contributed by atoms with E-state index in [1.165, 1.54) is 19.3 Å². The van der Waals surface area contributed by atoms with Gasteiger partial charge in [-0.2, -0.15) is 0 Å². The third-order valence-corrected chi connectivity index (χ3v) is 3.01. The van der Waals surface area contributed by atoms with E-state index in [4.69, 9.17) is 5.73 Å². The van der Waals surface area contributed by atoms with Crippen molar-refractivity contribution in [3.63, 3.8) is 0 Å². The van der Waals surface area contributed by atoms with Gasteiger partial charge in [0.25, 0.3) is 0 Å². The highest BCUT2D eigenvalue weighted by Crippen LogP contribution is 2.13. The van der Waals surface area contributed by atoms with Gasteiger partial charge in [-0.25, -0.2) is 4.79 Å². The Morgan fingerprint density at radius 2 is 1.89 bits per heavy atom. The fraction of sp³-hybridized carbons (Fsp3) is 0.533. The third kappa shape index (κ3) is 6.25. The molecule has 0 saturated carbocycles. The molecule has 1 aromatic rings. The Labute approximate surface area is 115 Å². The molecule has 19 heavy (non-hydrogen) atoms. The number of hydrogen-bond acceptors (Lipinski definition) is 2. The van der Waals surface area contributed by atoms with Crippen molar-refractivity contribution in [1.29, 1.82) is 0 Å². The van der Waals surface area contributed by atoms with Crippen LogP contribution in [0.3, 0.4) is 0 Å². The standard InChI is InChI=1S/C15H25N3O/c1-3-4-5-6-11-17-15(19)18-14-9-7-13(8-10-14)12(2)16/h7-10,12H,3-6,11,16H2,1-2H3,(H2,17,18,19). The number of nitrogens with two attached hydrogens (primary N) is 1. The topological polar surface area (TPSA) is 67.2 Å².